The number of hydrogen-bond donors (Lipinski definition) is 1. The van der Waals surface area contributed by atoms with Crippen molar-refractivity contribution in [3.8, 4) is 0 Å². The number of para-hydroxylation sites is 1. The van der Waals surface area contributed by atoms with E-state index in [0.29, 0.717) is 0 Å². The largest absolute Gasteiger partial charge is 0.346 e. The summed E-state index contributed by atoms with van der Waals surface area (Å²) in [5.74, 6) is 0. The topological polar surface area (TPSA) is 24.4 Å². The van der Waals surface area contributed by atoms with Crippen LogP contribution in [0.2, 0.25) is 0 Å². The van der Waals surface area contributed by atoms with Gasteiger partial charge in [0.05, 0.1) is 6.34 Å². The minimum atomic E-state index is 1.08. The molecule has 36 heavy (non-hydrogen) atoms. The first-order chi connectivity index (χ1) is 17.9. The summed E-state index contributed by atoms with van der Waals surface area (Å²) in [5.41, 5.74) is 5.45. The van der Waals surface area contributed by atoms with Gasteiger partial charge in [-0.05, 0) is 81.8 Å². The van der Waals surface area contributed by atoms with E-state index in [1.54, 1.807) is 23.7 Å². The summed E-state index contributed by atoms with van der Waals surface area (Å²) in [6.07, 6.45) is 28.6. The number of benzene rings is 3. The van der Waals surface area contributed by atoms with E-state index >= 15 is 0 Å². The van der Waals surface area contributed by atoms with E-state index in [2.05, 4.69) is 83.2 Å². The van der Waals surface area contributed by atoms with Crippen LogP contribution in [-0.4, -0.2) is 6.34 Å². The highest BCUT2D eigenvalue weighted by atomic mass is 14.9. The first-order valence-corrected chi connectivity index (χ1v) is 12.8. The lowest BCUT2D eigenvalue weighted by Gasteiger charge is -2.16. The Morgan fingerprint density at radius 2 is 1.53 bits per heavy atom. The number of aliphatic imine (C=N–C) groups is 1. The summed E-state index contributed by atoms with van der Waals surface area (Å²) in [5, 5.41) is 8.81. The van der Waals surface area contributed by atoms with E-state index in [0.717, 1.165) is 18.5 Å². The van der Waals surface area contributed by atoms with Crippen LogP contribution in [-0.2, 0) is 12.8 Å². The fraction of sp³-hybridized carbons (Fsp3) is 0.147. The van der Waals surface area contributed by atoms with Gasteiger partial charge >= 0.3 is 0 Å². The summed E-state index contributed by atoms with van der Waals surface area (Å²) in [7, 11) is 0. The smallest absolute Gasteiger partial charge is 0.0923 e. The van der Waals surface area contributed by atoms with Gasteiger partial charge in [0.15, 0.2) is 0 Å². The highest BCUT2D eigenvalue weighted by molar-refractivity contribution is 5.83. The number of rotatable bonds is 0. The van der Waals surface area contributed by atoms with E-state index in [1.165, 1.54) is 45.7 Å². The van der Waals surface area contributed by atoms with Gasteiger partial charge in [-0.3, -0.25) is 0 Å². The molecule has 1 aliphatic heterocycles. The molecule has 3 aromatic carbocycles. The molecule has 1 N–H and O–H groups in total. The molecule has 2 heteroatoms. The van der Waals surface area contributed by atoms with Gasteiger partial charge < -0.3 is 5.32 Å². The van der Waals surface area contributed by atoms with Gasteiger partial charge in [0.2, 0.25) is 0 Å². The lowest BCUT2D eigenvalue weighted by Crippen LogP contribution is -2.19. The third-order valence-corrected chi connectivity index (χ3v) is 6.71. The van der Waals surface area contributed by atoms with Crippen LogP contribution in [0.5, 0.6) is 0 Å². The lowest BCUT2D eigenvalue weighted by atomic mass is 9.89. The van der Waals surface area contributed by atoms with Crippen LogP contribution in [0.3, 0.4) is 0 Å². The van der Waals surface area contributed by atoms with Crippen LogP contribution in [0.15, 0.2) is 108 Å². The molecule has 0 spiro atoms. The second-order valence-corrected chi connectivity index (χ2v) is 9.05. The Labute approximate surface area is 213 Å². The number of anilines is 1. The van der Waals surface area contributed by atoms with Crippen LogP contribution in [0, 0.1) is 10.4 Å². The average Bonchev–Trinajstić information content (AvgIpc) is 3.39. The minimum absolute atomic E-state index is 1.08. The molecule has 0 atom stereocenters. The van der Waals surface area contributed by atoms with E-state index in [-0.39, 0.29) is 0 Å². The summed E-state index contributed by atoms with van der Waals surface area (Å²) >= 11 is 0. The predicted octanol–water partition coefficient (Wildman–Crippen LogP) is 6.60. The molecular formula is C34H32N2. The first-order valence-electron chi connectivity index (χ1n) is 12.8. The summed E-state index contributed by atoms with van der Waals surface area (Å²) in [4.78, 5) is 3.97. The van der Waals surface area contributed by atoms with Crippen molar-refractivity contribution in [2.24, 2.45) is 4.99 Å². The standard InChI is InChI=1S/C18H16.C9H8N2.C7H8/c1-3-7-15-13(5-1)9-11-18-16-8-4-2-6-14(16)10-12-17(15)18;1-2-4-9-8(3-1)5-6-10-7-11-9;1-2-4-6-7-5-3-1/h1,3,5-7,9-10,12H,2,4,8,11H2;1-7H,(H,10,11);1-6H,7H2. The number of nitrogens with zero attached hydrogens (tertiary/aromatic N) is 1. The lowest BCUT2D eigenvalue weighted by molar-refractivity contribution is 0.824. The van der Waals surface area contributed by atoms with Gasteiger partial charge in [-0.1, -0.05) is 103 Å². The van der Waals surface area contributed by atoms with Crippen molar-refractivity contribution in [2.45, 2.75) is 32.1 Å². The maximum absolute atomic E-state index is 3.97. The highest BCUT2D eigenvalue weighted by Gasteiger charge is 2.10. The molecule has 1 heterocycles. The van der Waals surface area contributed by atoms with Crippen LogP contribution in [0.1, 0.15) is 36.0 Å². The van der Waals surface area contributed by atoms with Gasteiger partial charge in [0.25, 0.3) is 0 Å². The van der Waals surface area contributed by atoms with Crippen molar-refractivity contribution in [3.05, 3.63) is 141 Å². The normalized spacial score (nSPS) is 15.3. The zero-order valence-electron chi connectivity index (χ0n) is 20.6. The monoisotopic (exact) mass is 468 g/mol. The molecule has 7 rings (SSSR count). The maximum atomic E-state index is 3.97. The molecule has 4 aliphatic rings. The summed E-state index contributed by atoms with van der Waals surface area (Å²) in [6.45, 7) is 0. The van der Waals surface area contributed by atoms with Crippen molar-refractivity contribution >= 4 is 30.3 Å². The fourth-order valence-electron chi connectivity index (χ4n) is 4.92. The summed E-state index contributed by atoms with van der Waals surface area (Å²) in [6, 6.07) is 21.5. The molecule has 178 valence electrons. The molecule has 0 radical (unpaired) electrons. The van der Waals surface area contributed by atoms with Gasteiger partial charge in [-0.25, -0.2) is 4.99 Å². The third kappa shape index (κ3) is 5.72. The number of hydrogen-bond acceptors (Lipinski definition) is 2. The zero-order valence-corrected chi connectivity index (χ0v) is 20.6. The van der Waals surface area contributed by atoms with E-state index in [9.17, 15) is 0 Å². The van der Waals surface area contributed by atoms with Crippen molar-refractivity contribution < 1.29 is 0 Å². The van der Waals surface area contributed by atoms with Crippen molar-refractivity contribution in [3.63, 3.8) is 0 Å². The SMILES string of the molecule is C1=CC=CCC=C1.C1=Cc2ccccc2NC=N1.C1=c2ccc3c(c2CCC1)CC=c1ccccc1=3. The van der Waals surface area contributed by atoms with Gasteiger partial charge in [-0.2, -0.15) is 0 Å². The Morgan fingerprint density at radius 3 is 2.44 bits per heavy atom. The number of nitrogens with one attached hydrogen (secondary N) is 1. The van der Waals surface area contributed by atoms with Gasteiger partial charge in [0, 0.05) is 11.9 Å². The van der Waals surface area contributed by atoms with Crippen LogP contribution >= 0.6 is 0 Å². The molecule has 3 aliphatic carbocycles. The summed E-state index contributed by atoms with van der Waals surface area (Å²) < 4.78 is 0. The zero-order chi connectivity index (χ0) is 24.4. The van der Waals surface area contributed by atoms with E-state index in [1.807, 2.05) is 42.5 Å². The molecular weight excluding hydrogens is 436 g/mol. The third-order valence-electron chi connectivity index (χ3n) is 6.71. The molecule has 0 amide bonds. The molecule has 0 unspecified atom stereocenters. The number of fused-ring (bicyclic) bond motifs is 5. The Bertz CT molecular complexity index is 1570. The molecule has 0 saturated carbocycles. The van der Waals surface area contributed by atoms with Crippen LogP contribution in [0.4, 0.5) is 5.69 Å². The Kier molecular flexibility index (Phi) is 7.85. The first kappa shape index (κ1) is 23.6. The average molecular weight is 469 g/mol. The number of allylic oxidation sites excluding steroid dienone is 6. The minimum Gasteiger partial charge on any atom is -0.346 e. The molecule has 0 aromatic heterocycles. The molecule has 0 saturated heterocycles. The van der Waals surface area contributed by atoms with Crippen LogP contribution in [0.25, 0.3) is 18.2 Å². The van der Waals surface area contributed by atoms with Crippen molar-refractivity contribution in [1.82, 2.24) is 0 Å². The predicted molar refractivity (Wildman–Crippen MR) is 155 cm³/mol. The highest BCUT2D eigenvalue weighted by Crippen LogP contribution is 2.18. The second-order valence-electron chi connectivity index (χ2n) is 9.05. The quantitative estimate of drug-likeness (QED) is 0.395. The Hall–Kier alpha value is -4.17. The van der Waals surface area contributed by atoms with Gasteiger partial charge in [0.1, 0.15) is 0 Å². The maximum Gasteiger partial charge on any atom is 0.0923 e. The Balaban J connectivity index is 0.000000126. The van der Waals surface area contributed by atoms with Crippen LogP contribution < -0.4 is 15.8 Å². The molecule has 0 fully saturated rings. The second kappa shape index (κ2) is 12.0. The van der Waals surface area contributed by atoms with Crippen molar-refractivity contribution in [2.75, 3.05) is 5.32 Å². The van der Waals surface area contributed by atoms with Gasteiger partial charge in [-0.15, -0.1) is 0 Å². The molecule has 3 aromatic rings. The fourth-order valence-corrected chi connectivity index (χ4v) is 4.92. The molecule has 0 bridgehead atoms. The van der Waals surface area contributed by atoms with Crippen molar-refractivity contribution in [1.29, 1.82) is 0 Å². The van der Waals surface area contributed by atoms with E-state index in [4.69, 9.17) is 0 Å². The van der Waals surface area contributed by atoms with E-state index < -0.39 is 0 Å². The molecule has 2 nitrogen and oxygen atoms in total. The Morgan fingerprint density at radius 1 is 0.694 bits per heavy atom.